The van der Waals surface area contributed by atoms with Crippen LogP contribution in [0.3, 0.4) is 0 Å². The molecule has 5 nitrogen and oxygen atoms in total. The molecule has 6 heteroatoms. The van der Waals surface area contributed by atoms with Gasteiger partial charge in [-0.2, -0.15) is 0 Å². The van der Waals surface area contributed by atoms with Gasteiger partial charge in [0.2, 0.25) is 10.0 Å². The molecular weight excluding hydrogens is 298 g/mol. The van der Waals surface area contributed by atoms with Gasteiger partial charge in [-0.25, -0.2) is 13.1 Å². The molecule has 124 valence electrons. The lowest BCUT2D eigenvalue weighted by Gasteiger charge is -2.39. The van der Waals surface area contributed by atoms with Crippen molar-refractivity contribution in [2.75, 3.05) is 43.4 Å². The Balaban J connectivity index is 1.79. The molecule has 1 fully saturated rings. The van der Waals surface area contributed by atoms with Crippen LogP contribution < -0.4 is 9.62 Å². The third-order valence-corrected chi connectivity index (χ3v) is 5.68. The second-order valence-corrected chi connectivity index (χ2v) is 7.80. The highest BCUT2D eigenvalue weighted by atomic mass is 32.2. The van der Waals surface area contributed by atoms with Gasteiger partial charge in [0.25, 0.3) is 0 Å². The number of nitrogens with one attached hydrogen (secondary N) is 1. The Morgan fingerprint density at radius 2 is 1.77 bits per heavy atom. The largest absolute Gasteiger partial charge is 0.369 e. The van der Waals surface area contributed by atoms with Gasteiger partial charge in [0.05, 0.1) is 5.75 Å². The maximum atomic E-state index is 11.7. The molecule has 0 saturated carbocycles. The van der Waals surface area contributed by atoms with E-state index in [0.29, 0.717) is 13.0 Å². The predicted octanol–water partition coefficient (Wildman–Crippen LogP) is 1.53. The zero-order valence-corrected chi connectivity index (χ0v) is 14.3. The molecule has 1 aliphatic rings. The minimum Gasteiger partial charge on any atom is -0.369 e. The Hall–Kier alpha value is -1.11. The molecule has 1 N–H and O–H groups in total. The molecule has 1 atom stereocenters. The van der Waals surface area contributed by atoms with Crippen molar-refractivity contribution in [2.24, 2.45) is 0 Å². The van der Waals surface area contributed by atoms with E-state index >= 15 is 0 Å². The Bertz CT molecular complexity index is 540. The summed E-state index contributed by atoms with van der Waals surface area (Å²) in [7, 11) is -3.11. The molecule has 0 spiro atoms. The Labute approximate surface area is 134 Å². The summed E-state index contributed by atoms with van der Waals surface area (Å²) in [6, 6.07) is 10.7. The van der Waals surface area contributed by atoms with Crippen LogP contribution in [0.1, 0.15) is 20.3 Å². The van der Waals surface area contributed by atoms with E-state index in [0.717, 1.165) is 26.2 Å². The lowest BCUT2D eigenvalue weighted by atomic mass is 10.2. The van der Waals surface area contributed by atoms with Crippen molar-refractivity contribution in [3.8, 4) is 0 Å². The molecule has 1 aromatic carbocycles. The lowest BCUT2D eigenvalue weighted by Crippen LogP contribution is -2.52. The lowest BCUT2D eigenvalue weighted by molar-refractivity contribution is 0.198. The molecule has 1 heterocycles. The van der Waals surface area contributed by atoms with Gasteiger partial charge in [0, 0.05) is 44.5 Å². The third kappa shape index (κ3) is 4.97. The van der Waals surface area contributed by atoms with E-state index in [4.69, 9.17) is 0 Å². The minimum atomic E-state index is -3.11. The van der Waals surface area contributed by atoms with Gasteiger partial charge in [-0.05, 0) is 25.5 Å². The Morgan fingerprint density at radius 3 is 2.36 bits per heavy atom. The minimum absolute atomic E-state index is 0.210. The molecule has 0 aromatic heterocycles. The summed E-state index contributed by atoms with van der Waals surface area (Å²) in [5, 5.41) is 0. The highest BCUT2D eigenvalue weighted by Crippen LogP contribution is 2.16. The van der Waals surface area contributed by atoms with Crippen LogP contribution in [-0.2, 0) is 10.0 Å². The van der Waals surface area contributed by atoms with E-state index in [1.165, 1.54) is 5.69 Å². The predicted molar refractivity (Wildman–Crippen MR) is 91.8 cm³/mol. The molecule has 22 heavy (non-hydrogen) atoms. The molecule has 0 aliphatic carbocycles. The number of hydrogen-bond donors (Lipinski definition) is 1. The van der Waals surface area contributed by atoms with Gasteiger partial charge >= 0.3 is 0 Å². The second-order valence-electron chi connectivity index (χ2n) is 5.87. The molecule has 2 rings (SSSR count). The standard InChI is InChI=1S/C16H27N3O2S/c1-3-13-22(20,21)17-14-15(2)18-9-11-19(12-10-18)16-7-5-4-6-8-16/h4-8,15,17H,3,9-14H2,1-2H3. The number of nitrogens with zero attached hydrogens (tertiary/aromatic N) is 2. The van der Waals surface area contributed by atoms with Crippen molar-refractivity contribution in [3.63, 3.8) is 0 Å². The van der Waals surface area contributed by atoms with E-state index in [1.54, 1.807) is 0 Å². The Kier molecular flexibility index (Phi) is 6.23. The molecule has 0 radical (unpaired) electrons. The van der Waals surface area contributed by atoms with Gasteiger partial charge in [-0.1, -0.05) is 25.1 Å². The zero-order chi connectivity index (χ0) is 16.0. The first-order valence-electron chi connectivity index (χ1n) is 8.03. The SMILES string of the molecule is CCCS(=O)(=O)NCC(C)N1CCN(c2ccccc2)CC1. The molecule has 1 unspecified atom stereocenters. The molecular formula is C16H27N3O2S. The van der Waals surface area contributed by atoms with Crippen molar-refractivity contribution >= 4 is 15.7 Å². The van der Waals surface area contributed by atoms with E-state index in [2.05, 4.69) is 45.7 Å². The van der Waals surface area contributed by atoms with E-state index < -0.39 is 10.0 Å². The van der Waals surface area contributed by atoms with Crippen LogP contribution in [0.25, 0.3) is 0 Å². The van der Waals surface area contributed by atoms with E-state index in [-0.39, 0.29) is 11.8 Å². The maximum Gasteiger partial charge on any atom is 0.211 e. The number of benzene rings is 1. The normalized spacial score (nSPS) is 18.4. The molecule has 0 amide bonds. The van der Waals surface area contributed by atoms with Crippen molar-refractivity contribution in [1.29, 1.82) is 0 Å². The van der Waals surface area contributed by atoms with Crippen LogP contribution in [0.5, 0.6) is 0 Å². The maximum absolute atomic E-state index is 11.7. The number of anilines is 1. The van der Waals surface area contributed by atoms with Crippen molar-refractivity contribution in [1.82, 2.24) is 9.62 Å². The number of para-hydroxylation sites is 1. The van der Waals surface area contributed by atoms with Gasteiger partial charge in [0.1, 0.15) is 0 Å². The first kappa shape index (κ1) is 17.2. The molecule has 0 bridgehead atoms. The fourth-order valence-corrected chi connectivity index (χ4v) is 3.95. The average molecular weight is 325 g/mol. The topological polar surface area (TPSA) is 52.7 Å². The van der Waals surface area contributed by atoms with Crippen molar-refractivity contribution in [3.05, 3.63) is 30.3 Å². The molecule has 1 aromatic rings. The van der Waals surface area contributed by atoms with Gasteiger partial charge in [0.15, 0.2) is 0 Å². The number of piperazine rings is 1. The number of sulfonamides is 1. The first-order chi connectivity index (χ1) is 10.5. The number of rotatable bonds is 7. The van der Waals surface area contributed by atoms with Gasteiger partial charge < -0.3 is 4.90 Å². The highest BCUT2D eigenvalue weighted by molar-refractivity contribution is 7.89. The van der Waals surface area contributed by atoms with E-state index in [9.17, 15) is 8.42 Å². The summed E-state index contributed by atoms with van der Waals surface area (Å²) < 4.78 is 26.2. The van der Waals surface area contributed by atoms with Gasteiger partial charge in [-0.15, -0.1) is 0 Å². The van der Waals surface area contributed by atoms with Crippen LogP contribution in [0.2, 0.25) is 0 Å². The third-order valence-electron chi connectivity index (χ3n) is 4.13. The zero-order valence-electron chi connectivity index (χ0n) is 13.5. The second kappa shape index (κ2) is 7.94. The quantitative estimate of drug-likeness (QED) is 0.826. The number of hydrogen-bond acceptors (Lipinski definition) is 4. The fourth-order valence-electron chi connectivity index (χ4n) is 2.78. The smallest absolute Gasteiger partial charge is 0.211 e. The first-order valence-corrected chi connectivity index (χ1v) is 9.68. The molecule has 1 saturated heterocycles. The van der Waals surface area contributed by atoms with Crippen LogP contribution >= 0.6 is 0 Å². The fraction of sp³-hybridized carbons (Fsp3) is 0.625. The van der Waals surface area contributed by atoms with Crippen molar-refractivity contribution in [2.45, 2.75) is 26.3 Å². The average Bonchev–Trinajstić information content (AvgIpc) is 2.54. The summed E-state index contributed by atoms with van der Waals surface area (Å²) in [6.45, 7) is 8.36. The van der Waals surface area contributed by atoms with Crippen LogP contribution in [0.4, 0.5) is 5.69 Å². The van der Waals surface area contributed by atoms with Crippen LogP contribution in [-0.4, -0.2) is 57.8 Å². The monoisotopic (exact) mass is 325 g/mol. The van der Waals surface area contributed by atoms with Crippen LogP contribution in [0.15, 0.2) is 30.3 Å². The van der Waals surface area contributed by atoms with Gasteiger partial charge in [-0.3, -0.25) is 4.90 Å². The summed E-state index contributed by atoms with van der Waals surface area (Å²) in [6.07, 6.45) is 0.652. The summed E-state index contributed by atoms with van der Waals surface area (Å²) >= 11 is 0. The Morgan fingerprint density at radius 1 is 1.14 bits per heavy atom. The summed E-state index contributed by atoms with van der Waals surface area (Å²) in [5.41, 5.74) is 1.26. The highest BCUT2D eigenvalue weighted by Gasteiger charge is 2.22. The summed E-state index contributed by atoms with van der Waals surface area (Å²) in [4.78, 5) is 4.73. The van der Waals surface area contributed by atoms with E-state index in [1.807, 2.05) is 13.0 Å². The molecule has 1 aliphatic heterocycles. The van der Waals surface area contributed by atoms with Crippen molar-refractivity contribution < 1.29 is 8.42 Å². The van der Waals surface area contributed by atoms with Crippen LogP contribution in [0, 0.1) is 0 Å². The summed E-state index contributed by atoms with van der Waals surface area (Å²) in [5.74, 6) is 0.210.